The Kier molecular flexibility index (Phi) is 5.96. The summed E-state index contributed by atoms with van der Waals surface area (Å²) in [6.07, 6.45) is 1.67. The number of ether oxygens (including phenoxy) is 1. The summed E-state index contributed by atoms with van der Waals surface area (Å²) >= 11 is 0. The summed E-state index contributed by atoms with van der Waals surface area (Å²) in [5.41, 5.74) is 0.408. The van der Waals surface area contributed by atoms with Crippen LogP contribution in [0.5, 0.6) is 5.75 Å². The average molecular weight is 404 g/mol. The number of rotatable bonds is 6. The van der Waals surface area contributed by atoms with E-state index in [1.165, 1.54) is 46.8 Å². The van der Waals surface area contributed by atoms with Crippen molar-refractivity contribution in [3.8, 4) is 5.75 Å². The molecule has 28 heavy (non-hydrogen) atoms. The van der Waals surface area contributed by atoms with Gasteiger partial charge in [0.15, 0.2) is 6.61 Å². The van der Waals surface area contributed by atoms with Crippen LogP contribution in [0, 0.1) is 0 Å². The molecule has 0 aromatic heterocycles. The van der Waals surface area contributed by atoms with E-state index in [9.17, 15) is 23.1 Å². The first-order valence-electron chi connectivity index (χ1n) is 8.72. The molecule has 1 aliphatic heterocycles. The largest absolute Gasteiger partial charge is 0.508 e. The number of phenolic OH excluding ortho intramolecular Hbond substituents is 1. The summed E-state index contributed by atoms with van der Waals surface area (Å²) in [7, 11) is -3.59. The van der Waals surface area contributed by atoms with E-state index in [0.717, 1.165) is 12.8 Å². The van der Waals surface area contributed by atoms with Gasteiger partial charge in [0, 0.05) is 18.8 Å². The number of sulfonamides is 1. The van der Waals surface area contributed by atoms with Crippen molar-refractivity contribution in [3.05, 3.63) is 54.1 Å². The van der Waals surface area contributed by atoms with Crippen molar-refractivity contribution in [2.45, 2.75) is 17.7 Å². The molecule has 1 amide bonds. The van der Waals surface area contributed by atoms with Gasteiger partial charge in [-0.25, -0.2) is 13.2 Å². The third-order valence-electron chi connectivity index (χ3n) is 4.24. The van der Waals surface area contributed by atoms with Gasteiger partial charge in [0.05, 0.1) is 10.5 Å². The average Bonchev–Trinajstić information content (AvgIpc) is 3.22. The Morgan fingerprint density at radius 2 is 1.79 bits per heavy atom. The molecule has 2 aromatic rings. The molecule has 8 nitrogen and oxygen atoms in total. The standard InChI is InChI=1S/C19H20N2O6S/c22-16-7-3-5-14(11-16)19(24)27-13-18(23)20-15-6-4-8-17(12-15)28(25,26)21-9-1-2-10-21/h3-8,11-12,22H,1-2,9-10,13H2,(H,20,23). The summed E-state index contributed by atoms with van der Waals surface area (Å²) in [5, 5.41) is 11.9. The van der Waals surface area contributed by atoms with Crippen LogP contribution in [0.1, 0.15) is 23.2 Å². The number of anilines is 1. The lowest BCUT2D eigenvalue weighted by molar-refractivity contribution is -0.119. The van der Waals surface area contributed by atoms with Crippen LogP contribution in [0.4, 0.5) is 5.69 Å². The minimum atomic E-state index is -3.59. The van der Waals surface area contributed by atoms with Crippen molar-refractivity contribution in [2.75, 3.05) is 25.0 Å². The minimum Gasteiger partial charge on any atom is -0.508 e. The third kappa shape index (κ3) is 4.68. The number of phenols is 1. The quantitative estimate of drug-likeness (QED) is 0.712. The number of aromatic hydroxyl groups is 1. The van der Waals surface area contributed by atoms with Gasteiger partial charge in [0.2, 0.25) is 10.0 Å². The number of benzene rings is 2. The van der Waals surface area contributed by atoms with Gasteiger partial charge in [-0.2, -0.15) is 4.31 Å². The maximum absolute atomic E-state index is 12.6. The monoisotopic (exact) mass is 404 g/mol. The fourth-order valence-electron chi connectivity index (χ4n) is 2.86. The fourth-order valence-corrected chi connectivity index (χ4v) is 4.42. The van der Waals surface area contributed by atoms with E-state index in [-0.39, 0.29) is 16.2 Å². The van der Waals surface area contributed by atoms with Gasteiger partial charge in [-0.15, -0.1) is 0 Å². The molecule has 0 bridgehead atoms. The number of hydrogen-bond acceptors (Lipinski definition) is 6. The molecule has 0 aliphatic carbocycles. The van der Waals surface area contributed by atoms with E-state index in [1.807, 2.05) is 0 Å². The molecule has 1 aliphatic rings. The van der Waals surface area contributed by atoms with Gasteiger partial charge in [-0.1, -0.05) is 12.1 Å². The van der Waals surface area contributed by atoms with Gasteiger partial charge in [-0.3, -0.25) is 4.79 Å². The second kappa shape index (κ2) is 8.41. The minimum absolute atomic E-state index is 0.0880. The Morgan fingerprint density at radius 3 is 2.50 bits per heavy atom. The number of carbonyl (C=O) groups is 2. The van der Waals surface area contributed by atoms with Crippen LogP contribution in [0.2, 0.25) is 0 Å². The van der Waals surface area contributed by atoms with E-state index in [4.69, 9.17) is 4.74 Å². The van der Waals surface area contributed by atoms with Gasteiger partial charge in [-0.05, 0) is 49.2 Å². The molecule has 0 spiro atoms. The van der Waals surface area contributed by atoms with Crippen molar-refractivity contribution in [3.63, 3.8) is 0 Å². The third-order valence-corrected chi connectivity index (χ3v) is 6.13. The second-order valence-electron chi connectivity index (χ2n) is 6.31. The molecule has 0 radical (unpaired) electrons. The number of carbonyl (C=O) groups excluding carboxylic acids is 2. The molecule has 2 N–H and O–H groups in total. The van der Waals surface area contributed by atoms with Crippen LogP contribution < -0.4 is 5.32 Å². The summed E-state index contributed by atoms with van der Waals surface area (Å²) in [4.78, 5) is 24.0. The van der Waals surface area contributed by atoms with Crippen LogP contribution in [-0.4, -0.2) is 49.4 Å². The van der Waals surface area contributed by atoms with Gasteiger partial charge >= 0.3 is 5.97 Å². The predicted octanol–water partition coefficient (Wildman–Crippen LogP) is 1.97. The first-order valence-corrected chi connectivity index (χ1v) is 10.2. The van der Waals surface area contributed by atoms with E-state index in [0.29, 0.717) is 18.8 Å². The van der Waals surface area contributed by atoms with E-state index >= 15 is 0 Å². The number of nitrogens with one attached hydrogen (secondary N) is 1. The van der Waals surface area contributed by atoms with Crippen LogP contribution >= 0.6 is 0 Å². The SMILES string of the molecule is O=C(COC(=O)c1cccc(O)c1)Nc1cccc(S(=O)(=O)N2CCCC2)c1. The van der Waals surface area contributed by atoms with Crippen LogP contribution in [0.25, 0.3) is 0 Å². The normalized spacial score (nSPS) is 14.6. The van der Waals surface area contributed by atoms with Crippen LogP contribution in [0.15, 0.2) is 53.4 Å². The lowest BCUT2D eigenvalue weighted by atomic mass is 10.2. The predicted molar refractivity (Wildman–Crippen MR) is 101 cm³/mol. The van der Waals surface area contributed by atoms with Crippen molar-refractivity contribution in [1.82, 2.24) is 4.31 Å². The summed E-state index contributed by atoms with van der Waals surface area (Å²) in [6, 6.07) is 11.5. The molecule has 148 valence electrons. The molecular formula is C19H20N2O6S. The van der Waals surface area contributed by atoms with Crippen LogP contribution in [-0.2, 0) is 19.6 Å². The molecule has 9 heteroatoms. The molecule has 0 saturated carbocycles. The summed E-state index contributed by atoms with van der Waals surface area (Å²) < 4.78 is 31.5. The summed E-state index contributed by atoms with van der Waals surface area (Å²) in [6.45, 7) is 0.436. The van der Waals surface area contributed by atoms with Gasteiger partial charge in [0.25, 0.3) is 5.91 Å². The first-order chi connectivity index (χ1) is 13.4. The Morgan fingerprint density at radius 1 is 1.07 bits per heavy atom. The Labute approximate surface area is 162 Å². The van der Waals surface area contributed by atoms with Gasteiger partial charge < -0.3 is 15.2 Å². The zero-order valence-corrected chi connectivity index (χ0v) is 15.8. The summed E-state index contributed by atoms with van der Waals surface area (Å²) in [5.74, 6) is -1.45. The highest BCUT2D eigenvalue weighted by molar-refractivity contribution is 7.89. The Hall–Kier alpha value is -2.91. The zero-order chi connectivity index (χ0) is 20.1. The molecule has 0 unspecified atom stereocenters. The lowest BCUT2D eigenvalue weighted by Gasteiger charge is -2.16. The highest BCUT2D eigenvalue weighted by atomic mass is 32.2. The lowest BCUT2D eigenvalue weighted by Crippen LogP contribution is -2.28. The fraction of sp³-hybridized carbons (Fsp3) is 0.263. The molecule has 0 atom stereocenters. The topological polar surface area (TPSA) is 113 Å². The van der Waals surface area contributed by atoms with E-state index < -0.39 is 28.5 Å². The second-order valence-corrected chi connectivity index (χ2v) is 8.25. The van der Waals surface area contributed by atoms with Gasteiger partial charge in [0.1, 0.15) is 5.75 Å². The van der Waals surface area contributed by atoms with Crippen molar-refractivity contribution < 1.29 is 27.9 Å². The Balaban J connectivity index is 1.61. The highest BCUT2D eigenvalue weighted by Gasteiger charge is 2.27. The molecule has 3 rings (SSSR count). The van der Waals surface area contributed by atoms with E-state index in [2.05, 4.69) is 5.32 Å². The van der Waals surface area contributed by atoms with Crippen molar-refractivity contribution >= 4 is 27.6 Å². The maximum Gasteiger partial charge on any atom is 0.338 e. The smallest absolute Gasteiger partial charge is 0.338 e. The van der Waals surface area contributed by atoms with Crippen molar-refractivity contribution in [1.29, 1.82) is 0 Å². The number of amides is 1. The molecular weight excluding hydrogens is 384 g/mol. The van der Waals surface area contributed by atoms with Crippen molar-refractivity contribution in [2.24, 2.45) is 0 Å². The molecule has 1 fully saturated rings. The maximum atomic E-state index is 12.6. The van der Waals surface area contributed by atoms with E-state index in [1.54, 1.807) is 6.07 Å². The van der Waals surface area contributed by atoms with Crippen LogP contribution in [0.3, 0.4) is 0 Å². The number of hydrogen-bond donors (Lipinski definition) is 2. The molecule has 1 saturated heterocycles. The number of nitrogens with zero attached hydrogens (tertiary/aromatic N) is 1. The first kappa shape index (κ1) is 19.8. The number of esters is 1. The molecule has 2 aromatic carbocycles. The zero-order valence-electron chi connectivity index (χ0n) is 15.0. The Bertz CT molecular complexity index is 983. The highest BCUT2D eigenvalue weighted by Crippen LogP contribution is 2.23. The molecule has 1 heterocycles.